The maximum Gasteiger partial charge on any atom is 0.343 e. The highest BCUT2D eigenvalue weighted by Crippen LogP contribution is 2.37. The second kappa shape index (κ2) is 10.5. The van der Waals surface area contributed by atoms with Gasteiger partial charge in [0.25, 0.3) is 10.0 Å². The van der Waals surface area contributed by atoms with E-state index >= 15 is 0 Å². The minimum absolute atomic E-state index is 0.0511. The van der Waals surface area contributed by atoms with E-state index in [1.807, 2.05) is 13.8 Å². The fourth-order valence-electron chi connectivity index (χ4n) is 4.19. The molecule has 0 saturated carbocycles. The van der Waals surface area contributed by atoms with Gasteiger partial charge in [0.1, 0.15) is 11.4 Å². The molecular formula is C27H29N3O6S. The van der Waals surface area contributed by atoms with Gasteiger partial charge in [-0.15, -0.1) is 0 Å². The zero-order chi connectivity index (χ0) is 26.7. The summed E-state index contributed by atoms with van der Waals surface area (Å²) < 4.78 is 38.4. The highest BCUT2D eigenvalue weighted by Gasteiger charge is 2.43. The van der Waals surface area contributed by atoms with E-state index < -0.39 is 22.0 Å². The average Bonchev–Trinajstić information content (AvgIpc) is 2.89. The van der Waals surface area contributed by atoms with E-state index in [0.29, 0.717) is 17.1 Å². The number of para-hydroxylation sites is 2. The molecule has 3 aromatic rings. The van der Waals surface area contributed by atoms with Crippen LogP contribution in [0.2, 0.25) is 0 Å². The predicted octanol–water partition coefficient (Wildman–Crippen LogP) is 4.28. The van der Waals surface area contributed by atoms with Crippen LogP contribution in [0, 0.1) is 0 Å². The van der Waals surface area contributed by atoms with Crippen molar-refractivity contribution in [2.24, 2.45) is 0 Å². The molecule has 0 bridgehead atoms. The molecule has 0 aromatic heterocycles. The van der Waals surface area contributed by atoms with Gasteiger partial charge in [0.2, 0.25) is 5.91 Å². The number of hydrogen-bond donors (Lipinski definition) is 1. The summed E-state index contributed by atoms with van der Waals surface area (Å²) in [4.78, 5) is 27.7. The monoisotopic (exact) mass is 523 g/mol. The summed E-state index contributed by atoms with van der Waals surface area (Å²) in [5.74, 6) is 0.791. The lowest BCUT2D eigenvalue weighted by Gasteiger charge is -2.35. The van der Waals surface area contributed by atoms with E-state index in [1.54, 1.807) is 54.6 Å². The fraction of sp³-hybridized carbons (Fsp3) is 0.259. The number of hydrogen-bond acceptors (Lipinski definition) is 6. The number of benzene rings is 3. The van der Waals surface area contributed by atoms with E-state index in [1.165, 1.54) is 31.3 Å². The van der Waals surface area contributed by atoms with Crippen molar-refractivity contribution in [3.63, 3.8) is 0 Å². The lowest BCUT2D eigenvalue weighted by atomic mass is 10.0. The predicted molar refractivity (Wildman–Crippen MR) is 141 cm³/mol. The lowest BCUT2D eigenvalue weighted by Crippen LogP contribution is -2.53. The number of sulfonamides is 1. The van der Waals surface area contributed by atoms with Crippen LogP contribution in [-0.2, 0) is 21.4 Å². The molecule has 194 valence electrons. The first-order chi connectivity index (χ1) is 17.7. The normalized spacial score (nSPS) is 14.4. The van der Waals surface area contributed by atoms with Crippen LogP contribution in [0.5, 0.6) is 11.5 Å². The number of carbonyl (C=O) groups excluding carboxylic acids is 2. The molecule has 0 unspecified atom stereocenters. The molecular weight excluding hydrogens is 494 g/mol. The van der Waals surface area contributed by atoms with Crippen LogP contribution in [0.25, 0.3) is 0 Å². The quantitative estimate of drug-likeness (QED) is 0.473. The second-order valence-corrected chi connectivity index (χ2v) is 10.5. The Labute approximate surface area is 216 Å². The molecule has 0 radical (unpaired) electrons. The van der Waals surface area contributed by atoms with Crippen molar-refractivity contribution in [1.29, 1.82) is 0 Å². The molecule has 3 amide bonds. The Morgan fingerprint density at radius 2 is 1.65 bits per heavy atom. The number of methoxy groups -OCH3 is 2. The van der Waals surface area contributed by atoms with Crippen LogP contribution in [0.3, 0.4) is 0 Å². The number of nitrogens with one attached hydrogen (secondary N) is 1. The Bertz CT molecular complexity index is 1420. The third-order valence-corrected chi connectivity index (χ3v) is 7.88. The molecule has 1 aliphatic rings. The van der Waals surface area contributed by atoms with Crippen LogP contribution in [0.1, 0.15) is 30.9 Å². The largest absolute Gasteiger partial charge is 0.493 e. The SMILES string of the molecule is COc1cccc(CNC(=O)CN2C(=O)N(c3ccc(C(C)C)cc3)S(=O)(=O)c3ccccc32)c1OC. The summed E-state index contributed by atoms with van der Waals surface area (Å²) in [6.45, 7) is 3.80. The number of nitrogens with zero attached hydrogens (tertiary/aromatic N) is 2. The highest BCUT2D eigenvalue weighted by molar-refractivity contribution is 7.94. The Kier molecular flexibility index (Phi) is 7.40. The zero-order valence-electron chi connectivity index (χ0n) is 21.1. The standard InChI is InChI=1S/C27H29N3O6S/c1-18(2)19-12-14-21(15-13-19)30-27(32)29(22-9-5-6-11-24(22)37(30,33)34)17-25(31)28-16-20-8-7-10-23(35-3)26(20)36-4/h5-15,18H,16-17H2,1-4H3,(H,28,31). The van der Waals surface area contributed by atoms with Gasteiger partial charge in [0, 0.05) is 12.1 Å². The fourth-order valence-corrected chi connectivity index (χ4v) is 5.79. The highest BCUT2D eigenvalue weighted by atomic mass is 32.2. The van der Waals surface area contributed by atoms with Gasteiger partial charge in [-0.1, -0.05) is 50.2 Å². The molecule has 1 N–H and O–H groups in total. The van der Waals surface area contributed by atoms with E-state index in [2.05, 4.69) is 5.32 Å². The minimum Gasteiger partial charge on any atom is -0.493 e. The first kappa shape index (κ1) is 26.0. The van der Waals surface area contributed by atoms with Crippen molar-refractivity contribution in [3.05, 3.63) is 77.9 Å². The zero-order valence-corrected chi connectivity index (χ0v) is 21.9. The van der Waals surface area contributed by atoms with Crippen molar-refractivity contribution < 1.29 is 27.5 Å². The third kappa shape index (κ3) is 4.97. The molecule has 1 heterocycles. The van der Waals surface area contributed by atoms with Crippen molar-refractivity contribution in [2.45, 2.75) is 31.2 Å². The van der Waals surface area contributed by atoms with Crippen molar-refractivity contribution in [3.8, 4) is 11.5 Å². The third-order valence-electron chi connectivity index (χ3n) is 6.14. The van der Waals surface area contributed by atoms with Gasteiger partial charge in [0.15, 0.2) is 11.5 Å². The first-order valence-corrected chi connectivity index (χ1v) is 13.2. The number of carbonyl (C=O) groups is 2. The average molecular weight is 524 g/mol. The van der Waals surface area contributed by atoms with Crippen molar-refractivity contribution in [2.75, 3.05) is 30.0 Å². The molecule has 4 rings (SSSR count). The molecule has 10 heteroatoms. The van der Waals surface area contributed by atoms with Gasteiger partial charge >= 0.3 is 6.03 Å². The Balaban J connectivity index is 1.62. The minimum atomic E-state index is -4.18. The van der Waals surface area contributed by atoms with Gasteiger partial charge in [-0.25, -0.2) is 13.2 Å². The smallest absolute Gasteiger partial charge is 0.343 e. The van der Waals surface area contributed by atoms with E-state index in [4.69, 9.17) is 9.47 Å². The molecule has 3 aromatic carbocycles. The molecule has 0 spiro atoms. The molecule has 37 heavy (non-hydrogen) atoms. The number of fused-ring (bicyclic) bond motifs is 1. The molecule has 0 saturated heterocycles. The van der Waals surface area contributed by atoms with Crippen molar-refractivity contribution in [1.82, 2.24) is 5.32 Å². The summed E-state index contributed by atoms with van der Waals surface area (Å²) >= 11 is 0. The summed E-state index contributed by atoms with van der Waals surface area (Å²) in [6.07, 6.45) is 0. The number of rotatable bonds is 8. The summed E-state index contributed by atoms with van der Waals surface area (Å²) in [5, 5.41) is 2.78. The summed E-state index contributed by atoms with van der Waals surface area (Å²) in [6, 6.07) is 17.4. The summed E-state index contributed by atoms with van der Waals surface area (Å²) in [7, 11) is -1.15. The number of anilines is 2. The van der Waals surface area contributed by atoms with Crippen molar-refractivity contribution >= 4 is 33.3 Å². The van der Waals surface area contributed by atoms with Gasteiger partial charge in [-0.3, -0.25) is 9.69 Å². The van der Waals surface area contributed by atoms with Crippen LogP contribution in [0.15, 0.2) is 71.6 Å². The second-order valence-electron chi connectivity index (χ2n) is 8.78. The van der Waals surface area contributed by atoms with E-state index in [-0.39, 0.29) is 35.3 Å². The summed E-state index contributed by atoms with van der Waals surface area (Å²) in [5.41, 5.74) is 2.05. The number of urea groups is 1. The van der Waals surface area contributed by atoms with Gasteiger partial charge in [-0.05, 0) is 41.8 Å². The maximum absolute atomic E-state index is 13.6. The lowest BCUT2D eigenvalue weighted by molar-refractivity contribution is -0.119. The topological polar surface area (TPSA) is 105 Å². The van der Waals surface area contributed by atoms with Gasteiger partial charge in [-0.2, -0.15) is 4.31 Å². The molecule has 0 atom stereocenters. The Morgan fingerprint density at radius 3 is 2.30 bits per heavy atom. The van der Waals surface area contributed by atoms with Crippen LogP contribution < -0.4 is 24.0 Å². The molecule has 1 aliphatic heterocycles. The van der Waals surface area contributed by atoms with E-state index in [0.717, 1.165) is 9.87 Å². The van der Waals surface area contributed by atoms with Gasteiger partial charge < -0.3 is 14.8 Å². The first-order valence-electron chi connectivity index (χ1n) is 11.7. The molecule has 0 fully saturated rings. The molecule has 9 nitrogen and oxygen atoms in total. The van der Waals surface area contributed by atoms with Gasteiger partial charge in [0.05, 0.1) is 25.6 Å². The van der Waals surface area contributed by atoms with Crippen LogP contribution in [-0.4, -0.2) is 41.1 Å². The Hall–Kier alpha value is -4.05. The number of amides is 3. The van der Waals surface area contributed by atoms with Crippen LogP contribution in [0.4, 0.5) is 16.2 Å². The maximum atomic E-state index is 13.6. The Morgan fingerprint density at radius 1 is 0.946 bits per heavy atom. The number of ether oxygens (including phenoxy) is 2. The van der Waals surface area contributed by atoms with E-state index in [9.17, 15) is 18.0 Å². The molecule has 0 aliphatic carbocycles. The van der Waals surface area contributed by atoms with Crippen LogP contribution >= 0.6 is 0 Å².